The lowest BCUT2D eigenvalue weighted by molar-refractivity contribution is 0.707. The molecule has 0 unspecified atom stereocenters. The molecule has 0 aliphatic rings. The minimum absolute atomic E-state index is 0.712. The van der Waals surface area contributed by atoms with Gasteiger partial charge < -0.3 is 0 Å². The fraction of sp³-hybridized carbons (Fsp3) is 0.900. The Bertz CT molecular complexity index is 131. The third kappa shape index (κ3) is 12.2. The van der Waals surface area contributed by atoms with Gasteiger partial charge in [0.25, 0.3) is 0 Å². The molecule has 0 bridgehead atoms. The van der Waals surface area contributed by atoms with Gasteiger partial charge in [0, 0.05) is 17.9 Å². The van der Waals surface area contributed by atoms with Crippen molar-refractivity contribution in [3.63, 3.8) is 0 Å². The fourth-order valence-corrected chi connectivity index (χ4v) is 3.15. The summed E-state index contributed by atoms with van der Waals surface area (Å²) in [7, 11) is 3.88. The predicted molar refractivity (Wildman–Crippen MR) is 63.9 cm³/mol. The molecule has 0 spiro atoms. The van der Waals surface area contributed by atoms with E-state index < -0.39 is 0 Å². The lowest BCUT2D eigenvalue weighted by Gasteiger charge is -1.99. The number of rotatable bonds is 9. The Morgan fingerprint density at radius 1 is 1.00 bits per heavy atom. The van der Waals surface area contributed by atoms with Gasteiger partial charge in [-0.25, -0.2) is 0 Å². The second-order valence-electron chi connectivity index (χ2n) is 2.97. The van der Waals surface area contributed by atoms with Crippen LogP contribution in [0.2, 0.25) is 0 Å². The van der Waals surface area contributed by atoms with E-state index in [-0.39, 0.29) is 0 Å². The second-order valence-corrected chi connectivity index (χ2v) is 5.67. The van der Waals surface area contributed by atoms with Crippen molar-refractivity contribution in [1.29, 1.82) is 5.26 Å². The lowest BCUT2D eigenvalue weighted by atomic mass is 10.2. The van der Waals surface area contributed by atoms with Crippen molar-refractivity contribution in [2.24, 2.45) is 0 Å². The van der Waals surface area contributed by atoms with Crippen LogP contribution in [0, 0.1) is 11.3 Å². The van der Waals surface area contributed by atoms with Crippen molar-refractivity contribution in [1.82, 2.24) is 0 Å². The van der Waals surface area contributed by atoms with E-state index >= 15 is 0 Å². The Balaban J connectivity index is 2.80. The molecule has 0 heterocycles. The second kappa shape index (κ2) is 12.2. The lowest BCUT2D eigenvalue weighted by Crippen LogP contribution is -1.80. The van der Waals surface area contributed by atoms with E-state index in [9.17, 15) is 0 Å². The van der Waals surface area contributed by atoms with Gasteiger partial charge in [-0.05, 0) is 12.8 Å². The highest BCUT2D eigenvalue weighted by molar-refractivity contribution is 8.76. The molecule has 3 heteroatoms. The van der Waals surface area contributed by atoms with Crippen LogP contribution in [0.5, 0.6) is 0 Å². The molecule has 0 aliphatic carbocycles. The Labute approximate surface area is 90.1 Å². The first-order chi connectivity index (χ1) is 6.41. The summed E-state index contributed by atoms with van der Waals surface area (Å²) >= 11 is 0. The van der Waals surface area contributed by atoms with Crippen molar-refractivity contribution in [3.05, 3.63) is 0 Å². The molecule has 0 amide bonds. The van der Waals surface area contributed by atoms with Crippen LogP contribution in [-0.2, 0) is 0 Å². The molecule has 0 aromatic rings. The first-order valence-corrected chi connectivity index (χ1v) is 7.52. The van der Waals surface area contributed by atoms with E-state index in [0.717, 1.165) is 12.2 Å². The van der Waals surface area contributed by atoms with E-state index in [0.29, 0.717) is 6.42 Å². The number of nitrogens with zero attached hydrogens (tertiary/aromatic N) is 1. The quantitative estimate of drug-likeness (QED) is 0.426. The maximum atomic E-state index is 8.30. The Hall–Kier alpha value is 0.190. The summed E-state index contributed by atoms with van der Waals surface area (Å²) in [6.07, 6.45) is 7.18. The van der Waals surface area contributed by atoms with E-state index in [2.05, 4.69) is 13.0 Å². The van der Waals surface area contributed by atoms with Crippen molar-refractivity contribution >= 4 is 21.6 Å². The van der Waals surface area contributed by atoms with Gasteiger partial charge in [0.05, 0.1) is 6.07 Å². The summed E-state index contributed by atoms with van der Waals surface area (Å²) in [6, 6.07) is 2.16. The van der Waals surface area contributed by atoms with Crippen LogP contribution in [0.4, 0.5) is 0 Å². The third-order valence-corrected chi connectivity index (χ3v) is 4.26. The molecule has 0 saturated carbocycles. The zero-order valence-corrected chi connectivity index (χ0v) is 10.1. The van der Waals surface area contributed by atoms with Gasteiger partial charge in [0.15, 0.2) is 0 Å². The minimum atomic E-state index is 0.712. The van der Waals surface area contributed by atoms with Crippen LogP contribution in [0.3, 0.4) is 0 Å². The summed E-state index contributed by atoms with van der Waals surface area (Å²) < 4.78 is 0. The van der Waals surface area contributed by atoms with Gasteiger partial charge in [-0.15, -0.1) is 0 Å². The van der Waals surface area contributed by atoms with Gasteiger partial charge in [-0.2, -0.15) is 5.26 Å². The Morgan fingerprint density at radius 3 is 2.31 bits per heavy atom. The Kier molecular flexibility index (Phi) is 12.4. The molecule has 0 aromatic heterocycles. The molecule has 0 fully saturated rings. The molecule has 0 aromatic carbocycles. The summed E-state index contributed by atoms with van der Waals surface area (Å²) in [5.74, 6) is 2.41. The number of unbranched alkanes of at least 4 members (excludes halogenated alkanes) is 4. The van der Waals surface area contributed by atoms with Crippen LogP contribution >= 0.6 is 21.6 Å². The van der Waals surface area contributed by atoms with Crippen molar-refractivity contribution in [2.75, 3.05) is 11.5 Å². The average molecular weight is 217 g/mol. The molecule has 76 valence electrons. The zero-order valence-electron chi connectivity index (χ0n) is 8.42. The summed E-state index contributed by atoms with van der Waals surface area (Å²) in [4.78, 5) is 0. The molecule has 0 radical (unpaired) electrons. The van der Waals surface area contributed by atoms with Gasteiger partial charge in [-0.3, -0.25) is 0 Å². The number of hydrogen-bond acceptors (Lipinski definition) is 3. The molecular formula is C10H19NS2. The van der Waals surface area contributed by atoms with E-state index in [1.807, 2.05) is 21.6 Å². The highest BCUT2D eigenvalue weighted by atomic mass is 33.1. The van der Waals surface area contributed by atoms with E-state index in [1.165, 1.54) is 31.4 Å². The first-order valence-electron chi connectivity index (χ1n) is 5.03. The van der Waals surface area contributed by atoms with Crippen LogP contribution in [0.1, 0.15) is 45.4 Å². The van der Waals surface area contributed by atoms with E-state index in [4.69, 9.17) is 5.26 Å². The zero-order chi connectivity index (χ0) is 9.78. The van der Waals surface area contributed by atoms with Gasteiger partial charge in [-0.1, -0.05) is 47.8 Å². The fourth-order valence-electron chi connectivity index (χ4n) is 0.916. The van der Waals surface area contributed by atoms with Crippen LogP contribution in [0.15, 0.2) is 0 Å². The minimum Gasteiger partial charge on any atom is -0.198 e. The van der Waals surface area contributed by atoms with Crippen molar-refractivity contribution in [2.45, 2.75) is 45.4 Å². The number of nitriles is 1. The molecule has 0 atom stereocenters. The monoisotopic (exact) mass is 217 g/mol. The van der Waals surface area contributed by atoms with Crippen molar-refractivity contribution in [3.8, 4) is 6.07 Å². The first kappa shape index (κ1) is 13.2. The van der Waals surface area contributed by atoms with E-state index in [1.54, 1.807) is 0 Å². The molecular weight excluding hydrogens is 198 g/mol. The molecule has 13 heavy (non-hydrogen) atoms. The standard InChI is InChI=1S/C10H19NS2/c1-2-3-4-6-9-12-13-10-7-5-8-11/h2-7,9-10H2,1H3. The molecule has 0 aliphatic heterocycles. The molecule has 1 nitrogen and oxygen atoms in total. The molecule has 0 rings (SSSR count). The average Bonchev–Trinajstić information content (AvgIpc) is 2.16. The molecule has 0 N–H and O–H groups in total. The normalized spacial score (nSPS) is 9.85. The Morgan fingerprint density at radius 2 is 1.69 bits per heavy atom. The van der Waals surface area contributed by atoms with Gasteiger partial charge >= 0.3 is 0 Å². The third-order valence-electron chi connectivity index (χ3n) is 1.68. The van der Waals surface area contributed by atoms with Crippen LogP contribution in [-0.4, -0.2) is 11.5 Å². The smallest absolute Gasteiger partial charge is 0.0622 e. The van der Waals surface area contributed by atoms with Gasteiger partial charge in [0.1, 0.15) is 0 Å². The van der Waals surface area contributed by atoms with Crippen LogP contribution < -0.4 is 0 Å². The predicted octanol–water partition coefficient (Wildman–Crippen LogP) is 4.25. The highest BCUT2D eigenvalue weighted by Gasteiger charge is 1.91. The molecule has 0 saturated heterocycles. The summed E-state index contributed by atoms with van der Waals surface area (Å²) in [6.45, 7) is 2.24. The highest BCUT2D eigenvalue weighted by Crippen LogP contribution is 2.23. The van der Waals surface area contributed by atoms with Crippen LogP contribution in [0.25, 0.3) is 0 Å². The topological polar surface area (TPSA) is 23.8 Å². The SMILES string of the molecule is CCCCCCSSCCCC#N. The number of hydrogen-bond donors (Lipinski definition) is 0. The maximum Gasteiger partial charge on any atom is 0.0622 e. The summed E-state index contributed by atoms with van der Waals surface area (Å²) in [5.41, 5.74) is 0. The summed E-state index contributed by atoms with van der Waals surface area (Å²) in [5, 5.41) is 8.30. The maximum absolute atomic E-state index is 8.30. The van der Waals surface area contributed by atoms with Gasteiger partial charge in [0.2, 0.25) is 0 Å². The largest absolute Gasteiger partial charge is 0.198 e. The van der Waals surface area contributed by atoms with Crippen molar-refractivity contribution < 1.29 is 0 Å².